The molecule has 0 aliphatic carbocycles. The summed E-state index contributed by atoms with van der Waals surface area (Å²) in [5.74, 6) is -0.818. The number of urea groups is 1. The highest BCUT2D eigenvalue weighted by Gasteiger charge is 2.23. The molecule has 0 radical (unpaired) electrons. The van der Waals surface area contributed by atoms with Gasteiger partial charge in [-0.25, -0.2) is 4.79 Å². The number of aliphatic carboxylic acids is 1. The SMILES string of the molecule is CCOC1CCN(C(=O)NCC(CC)CC(=O)O)CC1. The maximum Gasteiger partial charge on any atom is 0.317 e. The highest BCUT2D eigenvalue weighted by molar-refractivity contribution is 5.74. The molecule has 1 unspecified atom stereocenters. The number of ether oxygens (including phenoxy) is 1. The molecule has 20 heavy (non-hydrogen) atoms. The topological polar surface area (TPSA) is 78.9 Å². The summed E-state index contributed by atoms with van der Waals surface area (Å²) in [6.45, 7) is 6.45. The van der Waals surface area contributed by atoms with Crippen LogP contribution >= 0.6 is 0 Å². The van der Waals surface area contributed by atoms with Crippen molar-refractivity contribution in [2.45, 2.75) is 45.6 Å². The molecule has 1 aliphatic heterocycles. The first-order valence-corrected chi connectivity index (χ1v) is 7.42. The zero-order valence-corrected chi connectivity index (χ0v) is 12.4. The van der Waals surface area contributed by atoms with Crippen LogP contribution in [0.25, 0.3) is 0 Å². The molecule has 1 heterocycles. The average molecular weight is 286 g/mol. The highest BCUT2D eigenvalue weighted by Crippen LogP contribution is 2.14. The van der Waals surface area contributed by atoms with E-state index < -0.39 is 5.97 Å². The average Bonchev–Trinajstić information content (AvgIpc) is 2.44. The van der Waals surface area contributed by atoms with Crippen molar-refractivity contribution in [3.8, 4) is 0 Å². The van der Waals surface area contributed by atoms with Crippen molar-refractivity contribution in [1.82, 2.24) is 10.2 Å². The monoisotopic (exact) mass is 286 g/mol. The Morgan fingerprint density at radius 1 is 1.35 bits per heavy atom. The number of carbonyl (C=O) groups is 2. The lowest BCUT2D eigenvalue weighted by Crippen LogP contribution is -2.47. The summed E-state index contributed by atoms with van der Waals surface area (Å²) in [6, 6.07) is -0.0937. The van der Waals surface area contributed by atoms with Crippen molar-refractivity contribution in [2.75, 3.05) is 26.2 Å². The van der Waals surface area contributed by atoms with Gasteiger partial charge in [0.1, 0.15) is 0 Å². The van der Waals surface area contributed by atoms with Crippen molar-refractivity contribution in [3.05, 3.63) is 0 Å². The molecular weight excluding hydrogens is 260 g/mol. The van der Waals surface area contributed by atoms with E-state index in [9.17, 15) is 9.59 Å². The predicted molar refractivity (Wildman–Crippen MR) is 75.7 cm³/mol. The molecule has 1 fully saturated rings. The minimum Gasteiger partial charge on any atom is -0.481 e. The molecule has 1 saturated heterocycles. The minimum absolute atomic E-state index is 0.00239. The Hall–Kier alpha value is -1.30. The third-order valence-corrected chi connectivity index (χ3v) is 3.71. The van der Waals surface area contributed by atoms with Gasteiger partial charge in [-0.1, -0.05) is 13.3 Å². The van der Waals surface area contributed by atoms with Crippen LogP contribution in [0.5, 0.6) is 0 Å². The number of likely N-dealkylation sites (tertiary alicyclic amines) is 1. The summed E-state index contributed by atoms with van der Waals surface area (Å²) in [5, 5.41) is 11.6. The lowest BCUT2D eigenvalue weighted by atomic mass is 10.0. The Labute approximate surface area is 120 Å². The molecule has 0 bridgehead atoms. The third-order valence-electron chi connectivity index (χ3n) is 3.71. The Morgan fingerprint density at radius 3 is 2.50 bits per heavy atom. The van der Waals surface area contributed by atoms with Crippen LogP contribution < -0.4 is 5.32 Å². The van der Waals surface area contributed by atoms with Crippen LogP contribution in [0.3, 0.4) is 0 Å². The summed E-state index contributed by atoms with van der Waals surface area (Å²) in [4.78, 5) is 24.5. The molecule has 0 aromatic carbocycles. The van der Waals surface area contributed by atoms with E-state index >= 15 is 0 Å². The molecule has 116 valence electrons. The van der Waals surface area contributed by atoms with Gasteiger partial charge in [-0.15, -0.1) is 0 Å². The number of rotatable bonds is 7. The smallest absolute Gasteiger partial charge is 0.317 e. The van der Waals surface area contributed by atoms with Crippen molar-refractivity contribution < 1.29 is 19.4 Å². The van der Waals surface area contributed by atoms with Gasteiger partial charge in [-0.3, -0.25) is 4.79 Å². The van der Waals surface area contributed by atoms with Gasteiger partial charge >= 0.3 is 12.0 Å². The number of hydrogen-bond donors (Lipinski definition) is 2. The summed E-state index contributed by atoms with van der Waals surface area (Å²) in [6.07, 6.45) is 2.85. The zero-order valence-electron chi connectivity index (χ0n) is 12.4. The molecule has 2 N–H and O–H groups in total. The number of piperidine rings is 1. The Morgan fingerprint density at radius 2 is 2.00 bits per heavy atom. The molecule has 6 nitrogen and oxygen atoms in total. The second-order valence-electron chi connectivity index (χ2n) is 5.20. The van der Waals surface area contributed by atoms with Crippen LogP contribution in [-0.2, 0) is 9.53 Å². The normalized spacial score (nSPS) is 17.8. The molecule has 1 atom stereocenters. The van der Waals surface area contributed by atoms with E-state index in [-0.39, 0.29) is 24.5 Å². The molecule has 0 aromatic heterocycles. The van der Waals surface area contributed by atoms with Gasteiger partial charge in [0.15, 0.2) is 0 Å². The second kappa shape index (κ2) is 8.79. The van der Waals surface area contributed by atoms with Crippen LogP contribution in [-0.4, -0.2) is 54.4 Å². The fraction of sp³-hybridized carbons (Fsp3) is 0.857. The number of hydrogen-bond acceptors (Lipinski definition) is 3. The van der Waals surface area contributed by atoms with Crippen LogP contribution in [0, 0.1) is 5.92 Å². The van der Waals surface area contributed by atoms with Crippen molar-refractivity contribution in [1.29, 1.82) is 0 Å². The number of nitrogens with one attached hydrogen (secondary N) is 1. The van der Waals surface area contributed by atoms with Gasteiger partial charge in [-0.2, -0.15) is 0 Å². The fourth-order valence-electron chi connectivity index (χ4n) is 2.41. The van der Waals surface area contributed by atoms with E-state index in [0.29, 0.717) is 26.2 Å². The summed E-state index contributed by atoms with van der Waals surface area (Å²) in [7, 11) is 0. The predicted octanol–water partition coefficient (Wildman–Crippen LogP) is 1.70. The van der Waals surface area contributed by atoms with Crippen molar-refractivity contribution in [2.24, 2.45) is 5.92 Å². The van der Waals surface area contributed by atoms with E-state index in [1.54, 1.807) is 4.90 Å². The largest absolute Gasteiger partial charge is 0.481 e. The maximum absolute atomic E-state index is 12.0. The molecule has 1 aliphatic rings. The second-order valence-corrected chi connectivity index (χ2v) is 5.20. The van der Waals surface area contributed by atoms with Gasteiger partial charge in [0.2, 0.25) is 0 Å². The van der Waals surface area contributed by atoms with Gasteiger partial charge in [-0.05, 0) is 25.7 Å². The first-order valence-electron chi connectivity index (χ1n) is 7.42. The summed E-state index contributed by atoms with van der Waals surface area (Å²) in [5.41, 5.74) is 0. The van der Waals surface area contributed by atoms with E-state index in [2.05, 4.69) is 5.32 Å². The fourth-order valence-corrected chi connectivity index (χ4v) is 2.41. The van der Waals surface area contributed by atoms with Gasteiger partial charge < -0.3 is 20.1 Å². The minimum atomic E-state index is -0.816. The van der Waals surface area contributed by atoms with Gasteiger partial charge in [0.25, 0.3) is 0 Å². The third kappa shape index (κ3) is 5.77. The summed E-state index contributed by atoms with van der Waals surface area (Å²) < 4.78 is 5.55. The zero-order chi connectivity index (χ0) is 15.0. The standard InChI is InChI=1S/C14H26N2O4/c1-3-11(9-13(17)18)10-15-14(19)16-7-5-12(6-8-16)20-4-2/h11-12H,3-10H2,1-2H3,(H,15,19)(H,17,18). The van der Waals surface area contributed by atoms with Gasteiger partial charge in [0.05, 0.1) is 6.10 Å². The lowest BCUT2D eigenvalue weighted by Gasteiger charge is -2.32. The number of nitrogens with zero attached hydrogens (tertiary/aromatic N) is 1. The van der Waals surface area contributed by atoms with Crippen molar-refractivity contribution >= 4 is 12.0 Å². The Balaban J connectivity index is 2.27. The van der Waals surface area contributed by atoms with Crippen molar-refractivity contribution in [3.63, 3.8) is 0 Å². The number of carboxylic acid groups (broad SMARTS) is 1. The molecule has 0 spiro atoms. The molecule has 0 saturated carbocycles. The van der Waals surface area contributed by atoms with E-state index in [1.807, 2.05) is 13.8 Å². The van der Waals surface area contributed by atoms with E-state index in [0.717, 1.165) is 19.3 Å². The molecule has 2 amide bonds. The van der Waals surface area contributed by atoms with Crippen LogP contribution in [0.4, 0.5) is 4.79 Å². The lowest BCUT2D eigenvalue weighted by molar-refractivity contribution is -0.138. The van der Waals surface area contributed by atoms with E-state index in [1.165, 1.54) is 0 Å². The summed E-state index contributed by atoms with van der Waals surface area (Å²) >= 11 is 0. The first-order chi connectivity index (χ1) is 9.56. The quantitative estimate of drug-likeness (QED) is 0.746. The van der Waals surface area contributed by atoms with Gasteiger partial charge in [0, 0.05) is 32.7 Å². The van der Waals surface area contributed by atoms with Crippen LogP contribution in [0.15, 0.2) is 0 Å². The Kier molecular flexibility index (Phi) is 7.36. The first kappa shape index (κ1) is 16.8. The number of carboxylic acids is 1. The number of amides is 2. The molecule has 1 rings (SSSR count). The van der Waals surface area contributed by atoms with Crippen LogP contribution in [0.2, 0.25) is 0 Å². The number of carbonyl (C=O) groups excluding carboxylic acids is 1. The molecule has 6 heteroatoms. The molecule has 0 aromatic rings. The maximum atomic E-state index is 12.0. The van der Waals surface area contributed by atoms with Crippen LogP contribution in [0.1, 0.15) is 39.5 Å². The Bertz CT molecular complexity index is 314. The molecular formula is C14H26N2O4. The van der Waals surface area contributed by atoms with E-state index in [4.69, 9.17) is 9.84 Å². The highest BCUT2D eigenvalue weighted by atomic mass is 16.5.